The number of nitrogens with two attached hydrogens (primary N) is 1. The Hall–Kier alpha value is -1.47. The van der Waals surface area contributed by atoms with Crippen LogP contribution in [-0.4, -0.2) is 33.0 Å². The summed E-state index contributed by atoms with van der Waals surface area (Å²) >= 11 is 0. The van der Waals surface area contributed by atoms with E-state index < -0.39 is 23.7 Å². The SMILES string of the molecule is C[C@@]1(CCO)CC(F)C(n2ccc(N)nc2=O)O1. The first-order valence-electron chi connectivity index (χ1n) is 5.72. The highest BCUT2D eigenvalue weighted by Gasteiger charge is 2.44. The molecule has 2 unspecified atom stereocenters. The van der Waals surface area contributed by atoms with Gasteiger partial charge in [0.25, 0.3) is 0 Å². The smallest absolute Gasteiger partial charge is 0.351 e. The van der Waals surface area contributed by atoms with E-state index in [2.05, 4.69) is 4.98 Å². The van der Waals surface area contributed by atoms with Crippen LogP contribution in [0.15, 0.2) is 17.1 Å². The molecule has 1 saturated heterocycles. The summed E-state index contributed by atoms with van der Waals surface area (Å²) in [5.74, 6) is 0.0859. The number of nitrogen functional groups attached to an aromatic ring is 1. The number of aliphatic hydroxyl groups excluding tert-OH is 1. The zero-order chi connectivity index (χ0) is 13.3. The molecule has 1 aliphatic heterocycles. The topological polar surface area (TPSA) is 90.4 Å². The van der Waals surface area contributed by atoms with Gasteiger partial charge in [-0.2, -0.15) is 4.98 Å². The molecule has 0 spiro atoms. The average molecular weight is 257 g/mol. The molecule has 2 rings (SSSR count). The zero-order valence-electron chi connectivity index (χ0n) is 10.0. The van der Waals surface area contributed by atoms with Crippen LogP contribution in [0, 0.1) is 0 Å². The van der Waals surface area contributed by atoms with Crippen molar-refractivity contribution in [3.63, 3.8) is 0 Å². The number of alkyl halides is 1. The maximum absolute atomic E-state index is 13.9. The normalized spacial score (nSPS) is 31.7. The number of rotatable bonds is 3. The van der Waals surface area contributed by atoms with E-state index in [0.717, 1.165) is 4.57 Å². The van der Waals surface area contributed by atoms with Crippen molar-refractivity contribution >= 4 is 5.82 Å². The Balaban J connectivity index is 2.27. The second-order valence-corrected chi connectivity index (χ2v) is 4.69. The number of aliphatic hydroxyl groups is 1. The van der Waals surface area contributed by atoms with Crippen LogP contribution in [0.4, 0.5) is 10.2 Å². The molecule has 1 fully saturated rings. The van der Waals surface area contributed by atoms with Gasteiger partial charge in [-0.05, 0) is 19.4 Å². The van der Waals surface area contributed by atoms with Crippen molar-refractivity contribution in [2.45, 2.75) is 37.8 Å². The minimum Gasteiger partial charge on any atom is -0.396 e. The lowest BCUT2D eigenvalue weighted by Gasteiger charge is -2.23. The van der Waals surface area contributed by atoms with Gasteiger partial charge in [-0.3, -0.25) is 4.57 Å². The van der Waals surface area contributed by atoms with E-state index in [1.807, 2.05) is 0 Å². The zero-order valence-corrected chi connectivity index (χ0v) is 10.0. The minimum atomic E-state index is -1.32. The lowest BCUT2D eigenvalue weighted by Crippen LogP contribution is -2.31. The summed E-state index contributed by atoms with van der Waals surface area (Å²) in [4.78, 5) is 15.2. The molecule has 0 bridgehead atoms. The van der Waals surface area contributed by atoms with Gasteiger partial charge >= 0.3 is 5.69 Å². The van der Waals surface area contributed by atoms with Gasteiger partial charge in [0.05, 0.1) is 5.60 Å². The third-order valence-electron chi connectivity index (χ3n) is 3.11. The monoisotopic (exact) mass is 257 g/mol. The molecule has 7 heteroatoms. The van der Waals surface area contributed by atoms with Crippen LogP contribution in [0.2, 0.25) is 0 Å². The Bertz CT molecular complexity index is 493. The summed E-state index contributed by atoms with van der Waals surface area (Å²) in [7, 11) is 0. The Morgan fingerprint density at radius 3 is 3.11 bits per heavy atom. The molecule has 1 aliphatic rings. The van der Waals surface area contributed by atoms with E-state index in [9.17, 15) is 9.18 Å². The molecule has 0 radical (unpaired) electrons. The van der Waals surface area contributed by atoms with Gasteiger partial charge in [0.2, 0.25) is 0 Å². The Labute approximate surface area is 103 Å². The summed E-state index contributed by atoms with van der Waals surface area (Å²) < 4.78 is 20.6. The summed E-state index contributed by atoms with van der Waals surface area (Å²) in [6, 6.07) is 1.42. The molecule has 3 N–H and O–H groups in total. The Morgan fingerprint density at radius 1 is 1.78 bits per heavy atom. The van der Waals surface area contributed by atoms with Gasteiger partial charge in [-0.25, -0.2) is 9.18 Å². The van der Waals surface area contributed by atoms with Crippen molar-refractivity contribution in [3.05, 3.63) is 22.7 Å². The summed E-state index contributed by atoms with van der Waals surface area (Å²) in [5.41, 5.74) is 3.96. The first kappa shape index (κ1) is 13.0. The highest BCUT2D eigenvalue weighted by Crippen LogP contribution is 2.39. The maximum Gasteiger partial charge on any atom is 0.351 e. The van der Waals surface area contributed by atoms with E-state index in [4.69, 9.17) is 15.6 Å². The highest BCUT2D eigenvalue weighted by atomic mass is 19.1. The lowest BCUT2D eigenvalue weighted by molar-refractivity contribution is -0.0818. The van der Waals surface area contributed by atoms with Crippen LogP contribution in [0.25, 0.3) is 0 Å². The summed E-state index contributed by atoms with van der Waals surface area (Å²) in [6.45, 7) is 1.62. The average Bonchev–Trinajstić information content (AvgIpc) is 2.54. The van der Waals surface area contributed by atoms with Crippen LogP contribution in [0.1, 0.15) is 26.0 Å². The van der Waals surface area contributed by atoms with Crippen molar-refractivity contribution in [1.82, 2.24) is 9.55 Å². The number of aromatic nitrogens is 2. The first-order chi connectivity index (χ1) is 8.45. The molecular formula is C11H16FN3O3. The van der Waals surface area contributed by atoms with E-state index in [1.54, 1.807) is 6.92 Å². The molecule has 0 saturated carbocycles. The molecule has 0 aromatic carbocycles. The van der Waals surface area contributed by atoms with Crippen molar-refractivity contribution in [3.8, 4) is 0 Å². The quantitative estimate of drug-likeness (QED) is 0.808. The van der Waals surface area contributed by atoms with Crippen LogP contribution < -0.4 is 11.4 Å². The van der Waals surface area contributed by atoms with E-state index in [-0.39, 0.29) is 18.8 Å². The highest BCUT2D eigenvalue weighted by molar-refractivity contribution is 5.23. The molecule has 0 aliphatic carbocycles. The van der Waals surface area contributed by atoms with E-state index in [1.165, 1.54) is 12.3 Å². The fourth-order valence-corrected chi connectivity index (χ4v) is 2.17. The summed E-state index contributed by atoms with van der Waals surface area (Å²) in [5, 5.41) is 8.93. The predicted molar refractivity (Wildman–Crippen MR) is 62.7 cm³/mol. The summed E-state index contributed by atoms with van der Waals surface area (Å²) in [6.07, 6.45) is -0.505. The predicted octanol–water partition coefficient (Wildman–Crippen LogP) is 0.224. The number of anilines is 1. The molecule has 1 aromatic heterocycles. The lowest BCUT2D eigenvalue weighted by atomic mass is 9.98. The Kier molecular flexibility index (Phi) is 3.36. The molecule has 3 atom stereocenters. The van der Waals surface area contributed by atoms with Gasteiger partial charge in [0, 0.05) is 19.2 Å². The standard InChI is InChI=1S/C11H16FN3O3/c1-11(3-5-16)6-7(12)9(18-11)15-4-2-8(13)14-10(15)17/h2,4,7,9,16H,3,5-6H2,1H3,(H2,13,14,17)/t7?,9?,11-/m1/s1. The fraction of sp³-hybridized carbons (Fsp3) is 0.636. The number of hydrogen-bond donors (Lipinski definition) is 2. The van der Waals surface area contributed by atoms with E-state index in [0.29, 0.717) is 6.42 Å². The van der Waals surface area contributed by atoms with Gasteiger partial charge in [-0.15, -0.1) is 0 Å². The fourth-order valence-electron chi connectivity index (χ4n) is 2.17. The largest absolute Gasteiger partial charge is 0.396 e. The van der Waals surface area contributed by atoms with Gasteiger partial charge in [0.15, 0.2) is 6.23 Å². The first-order valence-corrected chi connectivity index (χ1v) is 5.72. The maximum atomic E-state index is 13.9. The van der Waals surface area contributed by atoms with Crippen molar-refractivity contribution < 1.29 is 14.2 Å². The van der Waals surface area contributed by atoms with Gasteiger partial charge in [0.1, 0.15) is 12.0 Å². The molecule has 18 heavy (non-hydrogen) atoms. The Morgan fingerprint density at radius 2 is 2.50 bits per heavy atom. The number of ether oxygens (including phenoxy) is 1. The number of nitrogens with zero attached hydrogens (tertiary/aromatic N) is 2. The molecule has 2 heterocycles. The van der Waals surface area contributed by atoms with Crippen molar-refractivity contribution in [1.29, 1.82) is 0 Å². The van der Waals surface area contributed by atoms with Crippen molar-refractivity contribution in [2.75, 3.05) is 12.3 Å². The van der Waals surface area contributed by atoms with E-state index >= 15 is 0 Å². The van der Waals surface area contributed by atoms with Crippen LogP contribution in [0.5, 0.6) is 0 Å². The minimum absolute atomic E-state index is 0.0859. The van der Waals surface area contributed by atoms with Crippen molar-refractivity contribution in [2.24, 2.45) is 0 Å². The molecule has 100 valence electrons. The second-order valence-electron chi connectivity index (χ2n) is 4.69. The second kappa shape index (κ2) is 4.66. The van der Waals surface area contributed by atoms with Crippen LogP contribution in [-0.2, 0) is 4.74 Å². The van der Waals surface area contributed by atoms with Gasteiger partial charge in [-0.1, -0.05) is 0 Å². The van der Waals surface area contributed by atoms with Crippen LogP contribution >= 0.6 is 0 Å². The third kappa shape index (κ3) is 2.37. The number of hydrogen-bond acceptors (Lipinski definition) is 5. The molecule has 6 nitrogen and oxygen atoms in total. The molecule has 1 aromatic rings. The number of halogens is 1. The molecular weight excluding hydrogens is 241 g/mol. The molecule has 0 amide bonds. The van der Waals surface area contributed by atoms with Crippen LogP contribution in [0.3, 0.4) is 0 Å². The third-order valence-corrected chi connectivity index (χ3v) is 3.11. The van der Waals surface area contributed by atoms with Gasteiger partial charge < -0.3 is 15.6 Å².